The lowest BCUT2D eigenvalue weighted by atomic mass is 10.0. The number of carboxylic acid groups (broad SMARTS) is 1. The van der Waals surface area contributed by atoms with E-state index < -0.39 is 12.1 Å². The molecule has 6 nitrogen and oxygen atoms in total. The molecule has 7 heteroatoms. The third kappa shape index (κ3) is 6.86. The number of benzene rings is 2. The lowest BCUT2D eigenvalue weighted by Crippen LogP contribution is -2.50. The maximum atomic E-state index is 13.0. The number of amides is 2. The van der Waals surface area contributed by atoms with E-state index in [1.54, 1.807) is 6.20 Å². The molecule has 2 amide bonds. The average Bonchev–Trinajstić information content (AvgIpc) is 3.26. The second-order valence-corrected chi connectivity index (χ2v) is 7.65. The van der Waals surface area contributed by atoms with Crippen molar-refractivity contribution < 1.29 is 14.7 Å². The van der Waals surface area contributed by atoms with Crippen molar-refractivity contribution >= 4 is 29.4 Å². The second-order valence-electron chi connectivity index (χ2n) is 6.73. The number of hydrogen-bond donors (Lipinski definition) is 3. The standard InChI is InChI=1S/C23H23N3O3S/c27-22(20(26-23(28)29)16-18-9-5-2-6-10-18)25-19(11-12-21-24-13-14-30-21)15-17-7-3-1-4-8-17/h1-14,19-20,26H,15-16H2,(H,25,27)(H,28,29)/b12-11+/t19-,20+/m1/s1. The van der Waals surface area contributed by atoms with Crippen LogP contribution in [0.3, 0.4) is 0 Å². The normalized spacial score (nSPS) is 12.9. The SMILES string of the molecule is O=C(O)N[C@@H](Cc1ccccc1)C(=O)N[C@H](/C=C/c1nccs1)Cc1ccccc1. The Morgan fingerprint density at radius 3 is 2.17 bits per heavy atom. The Kier molecular flexibility index (Phi) is 7.74. The Labute approximate surface area is 179 Å². The topological polar surface area (TPSA) is 91.3 Å². The minimum atomic E-state index is -1.23. The minimum Gasteiger partial charge on any atom is -0.465 e. The van der Waals surface area contributed by atoms with Crippen LogP contribution in [0.15, 0.2) is 78.3 Å². The van der Waals surface area contributed by atoms with Gasteiger partial charge >= 0.3 is 6.09 Å². The van der Waals surface area contributed by atoms with Gasteiger partial charge in [0.05, 0.1) is 6.04 Å². The molecule has 30 heavy (non-hydrogen) atoms. The van der Waals surface area contributed by atoms with E-state index in [1.165, 1.54) is 11.3 Å². The minimum absolute atomic E-state index is 0.271. The maximum Gasteiger partial charge on any atom is 0.405 e. The predicted molar refractivity (Wildman–Crippen MR) is 118 cm³/mol. The first-order valence-corrected chi connectivity index (χ1v) is 10.4. The van der Waals surface area contributed by atoms with Crippen LogP contribution >= 0.6 is 11.3 Å². The summed E-state index contributed by atoms with van der Waals surface area (Å²) in [5.74, 6) is -0.369. The highest BCUT2D eigenvalue weighted by Gasteiger charge is 2.23. The zero-order chi connectivity index (χ0) is 21.2. The van der Waals surface area contributed by atoms with Crippen molar-refractivity contribution in [2.45, 2.75) is 24.9 Å². The van der Waals surface area contributed by atoms with E-state index in [-0.39, 0.29) is 18.4 Å². The van der Waals surface area contributed by atoms with Gasteiger partial charge in [0.15, 0.2) is 0 Å². The molecule has 3 rings (SSSR count). The summed E-state index contributed by atoms with van der Waals surface area (Å²) in [4.78, 5) is 28.4. The Hall–Kier alpha value is -3.45. The molecule has 0 fully saturated rings. The molecule has 0 aliphatic carbocycles. The molecule has 0 unspecified atom stereocenters. The molecule has 0 saturated carbocycles. The summed E-state index contributed by atoms with van der Waals surface area (Å²) in [6, 6.07) is 18.0. The lowest BCUT2D eigenvalue weighted by Gasteiger charge is -2.21. The molecule has 1 heterocycles. The van der Waals surface area contributed by atoms with Gasteiger partial charge in [-0.15, -0.1) is 11.3 Å². The summed E-state index contributed by atoms with van der Waals surface area (Å²) in [5.41, 5.74) is 1.95. The highest BCUT2D eigenvalue weighted by Crippen LogP contribution is 2.11. The van der Waals surface area contributed by atoms with E-state index in [4.69, 9.17) is 0 Å². The molecule has 0 saturated heterocycles. The van der Waals surface area contributed by atoms with E-state index >= 15 is 0 Å². The highest BCUT2D eigenvalue weighted by molar-refractivity contribution is 7.10. The third-order valence-corrected chi connectivity index (χ3v) is 5.19. The number of thiazole rings is 1. The first kappa shape index (κ1) is 21.3. The van der Waals surface area contributed by atoms with Gasteiger partial charge in [0.1, 0.15) is 11.0 Å². The Balaban J connectivity index is 1.75. The smallest absolute Gasteiger partial charge is 0.405 e. The van der Waals surface area contributed by atoms with Crippen LogP contribution in [0.5, 0.6) is 0 Å². The van der Waals surface area contributed by atoms with Crippen molar-refractivity contribution in [2.24, 2.45) is 0 Å². The zero-order valence-corrected chi connectivity index (χ0v) is 17.1. The molecule has 154 valence electrons. The number of nitrogens with one attached hydrogen (secondary N) is 2. The summed E-state index contributed by atoms with van der Waals surface area (Å²) >= 11 is 1.51. The van der Waals surface area contributed by atoms with E-state index in [0.29, 0.717) is 6.42 Å². The van der Waals surface area contributed by atoms with Gasteiger partial charge in [0.2, 0.25) is 5.91 Å². The molecular formula is C23H23N3O3S. The summed E-state index contributed by atoms with van der Waals surface area (Å²) in [6.07, 6.45) is 5.11. The second kappa shape index (κ2) is 10.9. The summed E-state index contributed by atoms with van der Waals surface area (Å²) in [7, 11) is 0. The molecule has 2 aromatic carbocycles. The number of hydrogen-bond acceptors (Lipinski definition) is 4. The Bertz CT molecular complexity index is 960. The van der Waals surface area contributed by atoms with Crippen molar-refractivity contribution in [3.8, 4) is 0 Å². The summed E-state index contributed by atoms with van der Waals surface area (Å²) in [6.45, 7) is 0. The molecule has 0 bridgehead atoms. The van der Waals surface area contributed by atoms with Crippen LogP contribution in [0.25, 0.3) is 6.08 Å². The van der Waals surface area contributed by atoms with Gasteiger partial charge in [-0.25, -0.2) is 9.78 Å². The van der Waals surface area contributed by atoms with E-state index in [2.05, 4.69) is 15.6 Å². The van der Waals surface area contributed by atoms with Crippen LogP contribution in [0, 0.1) is 0 Å². The van der Waals surface area contributed by atoms with E-state index in [0.717, 1.165) is 16.1 Å². The van der Waals surface area contributed by atoms with Crippen LogP contribution in [0.2, 0.25) is 0 Å². The van der Waals surface area contributed by atoms with E-state index in [9.17, 15) is 14.7 Å². The zero-order valence-electron chi connectivity index (χ0n) is 16.3. The molecule has 1 aromatic heterocycles. The van der Waals surface area contributed by atoms with Gasteiger partial charge in [0, 0.05) is 18.0 Å². The van der Waals surface area contributed by atoms with Gasteiger partial charge in [-0.2, -0.15) is 0 Å². The number of rotatable bonds is 9. The molecule has 0 spiro atoms. The van der Waals surface area contributed by atoms with Gasteiger partial charge in [-0.1, -0.05) is 66.7 Å². The van der Waals surface area contributed by atoms with Crippen molar-refractivity contribution in [1.82, 2.24) is 15.6 Å². The first-order chi connectivity index (χ1) is 14.6. The molecule has 2 atom stereocenters. The van der Waals surface area contributed by atoms with Crippen LogP contribution in [0.1, 0.15) is 16.1 Å². The molecular weight excluding hydrogens is 398 g/mol. The number of carbonyl (C=O) groups excluding carboxylic acids is 1. The fourth-order valence-electron chi connectivity index (χ4n) is 3.04. The van der Waals surface area contributed by atoms with Crippen molar-refractivity contribution in [3.63, 3.8) is 0 Å². The predicted octanol–water partition coefficient (Wildman–Crippen LogP) is 3.76. The largest absolute Gasteiger partial charge is 0.465 e. The fourth-order valence-corrected chi connectivity index (χ4v) is 3.58. The first-order valence-electron chi connectivity index (χ1n) is 9.55. The van der Waals surface area contributed by atoms with Crippen molar-refractivity contribution in [1.29, 1.82) is 0 Å². The van der Waals surface area contributed by atoms with Crippen LogP contribution in [0.4, 0.5) is 4.79 Å². The monoisotopic (exact) mass is 421 g/mol. The highest BCUT2D eigenvalue weighted by atomic mass is 32.1. The van der Waals surface area contributed by atoms with Gasteiger partial charge in [-0.3, -0.25) is 4.79 Å². The number of nitrogens with zero attached hydrogens (tertiary/aromatic N) is 1. The third-order valence-electron chi connectivity index (χ3n) is 4.45. The molecule has 0 radical (unpaired) electrons. The summed E-state index contributed by atoms with van der Waals surface area (Å²) in [5, 5.41) is 17.2. The molecule has 0 aliphatic heterocycles. The lowest BCUT2D eigenvalue weighted by molar-refractivity contribution is -0.123. The number of carbonyl (C=O) groups is 2. The summed E-state index contributed by atoms with van der Waals surface area (Å²) < 4.78 is 0. The van der Waals surface area contributed by atoms with Gasteiger partial charge < -0.3 is 15.7 Å². The van der Waals surface area contributed by atoms with Gasteiger partial charge in [-0.05, 0) is 23.6 Å². The maximum absolute atomic E-state index is 13.0. The van der Waals surface area contributed by atoms with E-state index in [1.807, 2.05) is 78.2 Å². The van der Waals surface area contributed by atoms with Crippen LogP contribution < -0.4 is 10.6 Å². The van der Waals surface area contributed by atoms with Crippen molar-refractivity contribution in [3.05, 3.63) is 94.5 Å². The van der Waals surface area contributed by atoms with Crippen LogP contribution in [-0.2, 0) is 17.6 Å². The Morgan fingerprint density at radius 1 is 0.967 bits per heavy atom. The number of aromatic nitrogens is 1. The molecule has 3 N–H and O–H groups in total. The quantitative estimate of drug-likeness (QED) is 0.491. The molecule has 0 aliphatic rings. The molecule has 3 aromatic rings. The van der Waals surface area contributed by atoms with Gasteiger partial charge in [0.25, 0.3) is 0 Å². The fraction of sp³-hybridized carbons (Fsp3) is 0.174. The van der Waals surface area contributed by atoms with Crippen molar-refractivity contribution in [2.75, 3.05) is 0 Å². The average molecular weight is 422 g/mol. The Morgan fingerprint density at radius 2 is 1.60 bits per heavy atom. The van der Waals surface area contributed by atoms with Crippen LogP contribution in [-0.4, -0.2) is 34.2 Å².